The summed E-state index contributed by atoms with van der Waals surface area (Å²) in [5.41, 5.74) is 2.32. The number of nitrogens with zero attached hydrogens (tertiary/aromatic N) is 1. The third-order valence-corrected chi connectivity index (χ3v) is 5.24. The smallest absolute Gasteiger partial charge is 0.261 e. The molecule has 2 N–H and O–H groups in total. The van der Waals surface area contributed by atoms with E-state index >= 15 is 0 Å². The maximum atomic E-state index is 13.1. The fourth-order valence-electron chi connectivity index (χ4n) is 3.66. The van der Waals surface area contributed by atoms with Crippen LogP contribution in [0.25, 0.3) is 22.6 Å². The molecule has 0 atom stereocenters. The number of aromatic nitrogens is 2. The molecule has 7 nitrogen and oxygen atoms in total. The minimum Gasteiger partial charge on any atom is -0.436 e. The van der Waals surface area contributed by atoms with Crippen LogP contribution in [0.4, 0.5) is 10.1 Å². The number of rotatable bonds is 3. The highest BCUT2D eigenvalue weighted by Crippen LogP contribution is 2.27. The average Bonchev–Trinajstić information content (AvgIpc) is 3.17. The minimum absolute atomic E-state index is 0.0806. The molecule has 0 unspecified atom stereocenters. The number of aryl methyl sites for hydroxylation is 1. The van der Waals surface area contributed by atoms with Crippen LogP contribution < -0.4 is 10.9 Å². The summed E-state index contributed by atoms with van der Waals surface area (Å²) in [6.07, 6.45) is 1.69. The van der Waals surface area contributed by atoms with E-state index in [9.17, 15) is 18.8 Å². The highest BCUT2D eigenvalue weighted by molar-refractivity contribution is 6.07. The molecular weight excluding hydrogens is 401 g/mol. The molecule has 31 heavy (non-hydrogen) atoms. The Bertz CT molecular complexity index is 1400. The minimum atomic E-state index is -0.625. The summed E-state index contributed by atoms with van der Waals surface area (Å²) in [6.45, 7) is 0. The predicted octanol–water partition coefficient (Wildman–Crippen LogP) is 4.09. The molecule has 0 radical (unpaired) electrons. The van der Waals surface area contributed by atoms with E-state index in [1.54, 1.807) is 30.3 Å². The van der Waals surface area contributed by atoms with Crippen LogP contribution in [0.5, 0.6) is 0 Å². The van der Waals surface area contributed by atoms with E-state index in [0.29, 0.717) is 58.8 Å². The lowest BCUT2D eigenvalue weighted by Crippen LogP contribution is -2.27. The van der Waals surface area contributed by atoms with Gasteiger partial charge in [-0.25, -0.2) is 9.37 Å². The molecule has 0 fully saturated rings. The zero-order chi connectivity index (χ0) is 21.5. The van der Waals surface area contributed by atoms with Gasteiger partial charge in [0.1, 0.15) is 16.9 Å². The topological polar surface area (TPSA) is 105 Å². The molecule has 1 aliphatic carbocycles. The standard InChI is InChI=1S/C23H16FN3O4/c24-13-6-4-12(5-7-13)23-27-18-9-8-14(10-20(18)31-23)25-21(29)16-11-15-17(26-22(16)30)2-1-3-19(15)28/h4-11H,1-3H2,(H,25,29)(H,26,30). The zero-order valence-electron chi connectivity index (χ0n) is 16.2. The van der Waals surface area contributed by atoms with Gasteiger partial charge >= 0.3 is 0 Å². The van der Waals surface area contributed by atoms with Crippen molar-refractivity contribution in [2.24, 2.45) is 0 Å². The molecule has 2 heterocycles. The molecule has 5 rings (SSSR count). The Kier molecular flexibility index (Phi) is 4.47. The third kappa shape index (κ3) is 3.52. The molecule has 0 spiro atoms. The quantitative estimate of drug-likeness (QED) is 0.522. The molecule has 0 saturated carbocycles. The lowest BCUT2D eigenvalue weighted by molar-refractivity contribution is 0.0971. The molecule has 0 bridgehead atoms. The Morgan fingerprint density at radius 3 is 2.68 bits per heavy atom. The molecule has 154 valence electrons. The van der Waals surface area contributed by atoms with Gasteiger partial charge in [0, 0.05) is 35.0 Å². The second-order valence-electron chi connectivity index (χ2n) is 7.34. The molecule has 2 aromatic heterocycles. The lowest BCUT2D eigenvalue weighted by Gasteiger charge is -2.15. The van der Waals surface area contributed by atoms with E-state index in [1.165, 1.54) is 18.2 Å². The number of nitrogens with one attached hydrogen (secondary N) is 2. The molecular formula is C23H16FN3O4. The van der Waals surface area contributed by atoms with Crippen molar-refractivity contribution in [1.82, 2.24) is 9.97 Å². The number of anilines is 1. The van der Waals surface area contributed by atoms with Crippen molar-refractivity contribution in [2.75, 3.05) is 5.32 Å². The molecule has 1 amide bonds. The monoisotopic (exact) mass is 417 g/mol. The number of hydrogen-bond donors (Lipinski definition) is 2. The van der Waals surface area contributed by atoms with Crippen LogP contribution in [0.2, 0.25) is 0 Å². The van der Waals surface area contributed by atoms with Crippen molar-refractivity contribution in [3.8, 4) is 11.5 Å². The Morgan fingerprint density at radius 1 is 1.06 bits per heavy atom. The first-order valence-corrected chi connectivity index (χ1v) is 9.75. The summed E-state index contributed by atoms with van der Waals surface area (Å²) in [4.78, 5) is 44.2. The Morgan fingerprint density at radius 2 is 1.87 bits per heavy atom. The predicted molar refractivity (Wildman–Crippen MR) is 112 cm³/mol. The number of hydrogen-bond acceptors (Lipinski definition) is 5. The first-order chi connectivity index (χ1) is 15.0. The SMILES string of the molecule is O=C1CCCc2[nH]c(=O)c(C(=O)Nc3ccc4nc(-c5ccc(F)cc5)oc4c3)cc21. The van der Waals surface area contributed by atoms with Crippen LogP contribution >= 0.6 is 0 Å². The normalized spacial score (nSPS) is 13.3. The van der Waals surface area contributed by atoms with Gasteiger partial charge in [0.05, 0.1) is 0 Å². The maximum Gasteiger partial charge on any atom is 0.261 e. The highest BCUT2D eigenvalue weighted by atomic mass is 19.1. The summed E-state index contributed by atoms with van der Waals surface area (Å²) in [5, 5.41) is 2.66. The fourth-order valence-corrected chi connectivity index (χ4v) is 3.66. The van der Waals surface area contributed by atoms with Gasteiger partial charge in [0.15, 0.2) is 11.4 Å². The number of carbonyl (C=O) groups excluding carboxylic acids is 2. The number of amides is 1. The van der Waals surface area contributed by atoms with Crippen LogP contribution in [0, 0.1) is 5.82 Å². The van der Waals surface area contributed by atoms with Gasteiger partial charge in [-0.15, -0.1) is 0 Å². The number of ketones is 1. The van der Waals surface area contributed by atoms with Gasteiger partial charge in [0.2, 0.25) is 5.89 Å². The molecule has 8 heteroatoms. The summed E-state index contributed by atoms with van der Waals surface area (Å²) in [6, 6.07) is 12.0. The van der Waals surface area contributed by atoms with Crippen LogP contribution in [-0.2, 0) is 6.42 Å². The number of pyridine rings is 1. The highest BCUT2D eigenvalue weighted by Gasteiger charge is 2.22. The van der Waals surface area contributed by atoms with E-state index in [0.717, 1.165) is 0 Å². The number of carbonyl (C=O) groups is 2. The van der Waals surface area contributed by atoms with Crippen molar-refractivity contribution in [1.29, 1.82) is 0 Å². The van der Waals surface area contributed by atoms with Crippen LogP contribution in [0.3, 0.4) is 0 Å². The largest absolute Gasteiger partial charge is 0.436 e. The summed E-state index contributed by atoms with van der Waals surface area (Å²) in [7, 11) is 0. The zero-order valence-corrected chi connectivity index (χ0v) is 16.2. The first-order valence-electron chi connectivity index (χ1n) is 9.75. The number of halogens is 1. The number of Topliss-reactive ketones (excluding diaryl/α,β-unsaturated/α-hetero) is 1. The van der Waals surface area contributed by atoms with Gasteiger partial charge in [0.25, 0.3) is 11.5 Å². The second kappa shape index (κ2) is 7.32. The third-order valence-electron chi connectivity index (χ3n) is 5.24. The molecule has 4 aromatic rings. The number of H-pyrrole nitrogens is 1. The van der Waals surface area contributed by atoms with Crippen molar-refractivity contribution < 1.29 is 18.4 Å². The molecule has 1 aliphatic rings. The van der Waals surface area contributed by atoms with Crippen LogP contribution in [0.15, 0.2) is 57.7 Å². The number of benzene rings is 2. The van der Waals surface area contributed by atoms with Gasteiger partial charge < -0.3 is 14.7 Å². The molecule has 0 saturated heterocycles. The van der Waals surface area contributed by atoms with Crippen molar-refractivity contribution in [3.63, 3.8) is 0 Å². The summed E-state index contributed by atoms with van der Waals surface area (Å²) < 4.78 is 18.9. The maximum absolute atomic E-state index is 13.1. The number of aromatic amines is 1. The van der Waals surface area contributed by atoms with E-state index in [-0.39, 0.29) is 17.2 Å². The van der Waals surface area contributed by atoms with E-state index in [2.05, 4.69) is 15.3 Å². The number of fused-ring (bicyclic) bond motifs is 2. The summed E-state index contributed by atoms with van der Waals surface area (Å²) in [5.74, 6) is -0.741. The van der Waals surface area contributed by atoms with E-state index in [1.807, 2.05) is 0 Å². The van der Waals surface area contributed by atoms with Crippen molar-refractivity contribution in [2.45, 2.75) is 19.3 Å². The molecule has 0 aliphatic heterocycles. The Labute approximate surface area is 174 Å². The van der Waals surface area contributed by atoms with E-state index in [4.69, 9.17) is 4.42 Å². The van der Waals surface area contributed by atoms with Crippen LogP contribution in [-0.4, -0.2) is 21.7 Å². The van der Waals surface area contributed by atoms with Gasteiger partial charge in [-0.3, -0.25) is 14.4 Å². The Balaban J connectivity index is 1.43. The Hall–Kier alpha value is -4.07. The first kappa shape index (κ1) is 18.9. The van der Waals surface area contributed by atoms with Crippen LogP contribution in [0.1, 0.15) is 39.3 Å². The average molecular weight is 417 g/mol. The lowest BCUT2D eigenvalue weighted by atomic mass is 9.93. The number of oxazole rings is 1. The van der Waals surface area contributed by atoms with Crippen molar-refractivity contribution >= 4 is 28.5 Å². The van der Waals surface area contributed by atoms with Gasteiger partial charge in [-0.05, 0) is 55.3 Å². The fraction of sp³-hybridized carbons (Fsp3) is 0.130. The molecule has 2 aromatic carbocycles. The van der Waals surface area contributed by atoms with E-state index < -0.39 is 11.5 Å². The van der Waals surface area contributed by atoms with Gasteiger partial charge in [-0.1, -0.05) is 0 Å². The second-order valence-corrected chi connectivity index (χ2v) is 7.34. The van der Waals surface area contributed by atoms with Gasteiger partial charge in [-0.2, -0.15) is 0 Å². The van der Waals surface area contributed by atoms with Crippen molar-refractivity contribution in [3.05, 3.63) is 81.5 Å². The summed E-state index contributed by atoms with van der Waals surface area (Å²) >= 11 is 0.